The molecule has 3 heterocycles. The predicted octanol–water partition coefficient (Wildman–Crippen LogP) is 2.89. The van der Waals surface area contributed by atoms with Crippen molar-refractivity contribution in [3.8, 4) is 0 Å². The van der Waals surface area contributed by atoms with Gasteiger partial charge in [-0.05, 0) is 57.4 Å². The molecule has 2 amide bonds. The Bertz CT molecular complexity index is 1130. The molecule has 1 saturated heterocycles. The molecule has 2 aromatic rings. The van der Waals surface area contributed by atoms with Gasteiger partial charge in [-0.25, -0.2) is 13.4 Å². The van der Waals surface area contributed by atoms with Gasteiger partial charge in [-0.1, -0.05) is 6.42 Å². The molecule has 0 aliphatic carbocycles. The fraction of sp³-hybridized carbons (Fsp3) is 0.476. The average molecular weight is 463 g/mol. The fourth-order valence-electron chi connectivity index (χ4n) is 4.10. The molecule has 0 atom stereocenters. The minimum absolute atomic E-state index is 0.161. The number of hydrogen-bond acceptors (Lipinski definition) is 6. The highest BCUT2D eigenvalue weighted by molar-refractivity contribution is 7.89. The number of benzene rings is 1. The number of aryl methyl sites for hydroxylation is 1. The summed E-state index contributed by atoms with van der Waals surface area (Å²) in [6, 6.07) is 4.77. The van der Waals surface area contributed by atoms with Crippen LogP contribution in [-0.2, 0) is 25.0 Å². The van der Waals surface area contributed by atoms with Crippen LogP contribution in [0.4, 0.5) is 10.8 Å². The Kier molecular flexibility index (Phi) is 5.65. The summed E-state index contributed by atoms with van der Waals surface area (Å²) in [6.07, 6.45) is 2.75. The lowest BCUT2D eigenvalue weighted by atomic mass is 9.86. The zero-order valence-electron chi connectivity index (χ0n) is 17.8. The molecule has 2 aliphatic heterocycles. The standard InChI is InChI=1S/C21H26N4O4S2/c1-14-13-30-20(22-14)23-18(26)12-25-17-8-7-15(11-16(17)21(2,3)19(25)27)31(28,29)24-9-5-4-6-10-24/h7-8,11,13H,4-6,9-10,12H2,1-3H3,(H,22,23,26). The van der Waals surface area contributed by atoms with Crippen LogP contribution in [-0.4, -0.2) is 49.2 Å². The summed E-state index contributed by atoms with van der Waals surface area (Å²) in [7, 11) is -3.61. The van der Waals surface area contributed by atoms with Gasteiger partial charge in [0.25, 0.3) is 0 Å². The Morgan fingerprint density at radius 1 is 1.23 bits per heavy atom. The molecule has 1 aromatic carbocycles. The molecule has 2 aliphatic rings. The van der Waals surface area contributed by atoms with Crippen molar-refractivity contribution in [1.29, 1.82) is 0 Å². The van der Waals surface area contributed by atoms with Crippen LogP contribution < -0.4 is 10.2 Å². The van der Waals surface area contributed by atoms with Gasteiger partial charge >= 0.3 is 0 Å². The van der Waals surface area contributed by atoms with Gasteiger partial charge in [0.1, 0.15) is 6.54 Å². The van der Waals surface area contributed by atoms with Crippen LogP contribution in [0, 0.1) is 6.92 Å². The molecule has 8 nitrogen and oxygen atoms in total. The number of thiazole rings is 1. The van der Waals surface area contributed by atoms with Crippen molar-refractivity contribution in [2.45, 2.75) is 50.3 Å². The van der Waals surface area contributed by atoms with Gasteiger partial charge in [0.15, 0.2) is 5.13 Å². The van der Waals surface area contributed by atoms with Crippen LogP contribution >= 0.6 is 11.3 Å². The number of carbonyl (C=O) groups excluding carboxylic acids is 2. The third-order valence-electron chi connectivity index (χ3n) is 5.83. The number of rotatable bonds is 5. The summed E-state index contributed by atoms with van der Waals surface area (Å²) in [5.74, 6) is -0.586. The first-order valence-electron chi connectivity index (χ1n) is 10.3. The average Bonchev–Trinajstić information content (AvgIpc) is 3.22. The van der Waals surface area contributed by atoms with Crippen LogP contribution in [0.15, 0.2) is 28.5 Å². The first kappa shape index (κ1) is 21.9. The predicted molar refractivity (Wildman–Crippen MR) is 120 cm³/mol. The third-order valence-corrected chi connectivity index (χ3v) is 8.60. The number of nitrogens with one attached hydrogen (secondary N) is 1. The lowest BCUT2D eigenvalue weighted by molar-refractivity contribution is -0.124. The largest absolute Gasteiger partial charge is 0.302 e. The number of anilines is 2. The molecule has 10 heteroatoms. The summed E-state index contributed by atoms with van der Waals surface area (Å²) in [5, 5.41) is 5.03. The molecule has 1 N–H and O–H groups in total. The van der Waals surface area contributed by atoms with Crippen molar-refractivity contribution in [2.75, 3.05) is 29.9 Å². The van der Waals surface area contributed by atoms with Crippen molar-refractivity contribution in [3.05, 3.63) is 34.8 Å². The molecule has 0 saturated carbocycles. The van der Waals surface area contributed by atoms with E-state index < -0.39 is 15.4 Å². The summed E-state index contributed by atoms with van der Waals surface area (Å²) >= 11 is 1.32. The summed E-state index contributed by atoms with van der Waals surface area (Å²) in [5.41, 5.74) is 1.07. The smallest absolute Gasteiger partial charge is 0.246 e. The van der Waals surface area contributed by atoms with Crippen molar-refractivity contribution in [2.24, 2.45) is 0 Å². The van der Waals surface area contributed by atoms with E-state index in [1.807, 2.05) is 12.3 Å². The highest BCUT2D eigenvalue weighted by Crippen LogP contribution is 2.42. The van der Waals surface area contributed by atoms with Crippen molar-refractivity contribution in [3.63, 3.8) is 0 Å². The van der Waals surface area contributed by atoms with Gasteiger partial charge in [0.05, 0.1) is 16.0 Å². The Morgan fingerprint density at radius 2 is 1.94 bits per heavy atom. The zero-order valence-corrected chi connectivity index (χ0v) is 19.5. The van der Waals surface area contributed by atoms with Crippen molar-refractivity contribution < 1.29 is 18.0 Å². The van der Waals surface area contributed by atoms with Gasteiger partial charge in [-0.2, -0.15) is 4.31 Å². The number of aromatic nitrogens is 1. The summed E-state index contributed by atoms with van der Waals surface area (Å²) < 4.78 is 27.7. The van der Waals surface area contributed by atoms with E-state index in [-0.39, 0.29) is 23.3 Å². The van der Waals surface area contributed by atoms with Crippen LogP contribution in [0.25, 0.3) is 0 Å². The first-order chi connectivity index (χ1) is 14.6. The van der Waals surface area contributed by atoms with Gasteiger partial charge in [-0.3, -0.25) is 9.59 Å². The monoisotopic (exact) mass is 462 g/mol. The zero-order chi connectivity index (χ0) is 22.4. The van der Waals surface area contributed by atoms with E-state index >= 15 is 0 Å². The lowest BCUT2D eigenvalue weighted by Gasteiger charge is -2.26. The maximum Gasteiger partial charge on any atom is 0.246 e. The highest BCUT2D eigenvalue weighted by Gasteiger charge is 2.45. The van der Waals surface area contributed by atoms with E-state index in [1.54, 1.807) is 26.0 Å². The minimum atomic E-state index is -3.61. The second-order valence-electron chi connectivity index (χ2n) is 8.50. The first-order valence-corrected chi connectivity index (χ1v) is 12.6. The molecule has 1 fully saturated rings. The van der Waals surface area contributed by atoms with E-state index in [1.165, 1.54) is 26.6 Å². The number of fused-ring (bicyclic) bond motifs is 1. The van der Waals surface area contributed by atoms with E-state index in [4.69, 9.17) is 0 Å². The normalized spacial score (nSPS) is 18.8. The maximum absolute atomic E-state index is 13.1. The summed E-state index contributed by atoms with van der Waals surface area (Å²) in [6.45, 7) is 6.23. The molecular formula is C21H26N4O4S2. The second-order valence-corrected chi connectivity index (χ2v) is 11.3. The fourth-order valence-corrected chi connectivity index (χ4v) is 6.35. The third kappa shape index (κ3) is 3.99. The molecule has 1 aromatic heterocycles. The van der Waals surface area contributed by atoms with Crippen LogP contribution in [0.5, 0.6) is 0 Å². The minimum Gasteiger partial charge on any atom is -0.302 e. The number of piperidine rings is 1. The molecular weight excluding hydrogens is 436 g/mol. The van der Waals surface area contributed by atoms with E-state index in [0.717, 1.165) is 25.0 Å². The van der Waals surface area contributed by atoms with Crippen LogP contribution in [0.1, 0.15) is 44.4 Å². The number of nitrogens with zero attached hydrogens (tertiary/aromatic N) is 3. The number of carbonyl (C=O) groups is 2. The van der Waals surface area contributed by atoms with Crippen LogP contribution in [0.2, 0.25) is 0 Å². The van der Waals surface area contributed by atoms with Gasteiger partial charge in [0, 0.05) is 24.2 Å². The Hall–Kier alpha value is -2.30. The lowest BCUT2D eigenvalue weighted by Crippen LogP contribution is -2.40. The maximum atomic E-state index is 13.1. The number of hydrogen-bond donors (Lipinski definition) is 1. The Labute approximate surface area is 186 Å². The van der Waals surface area contributed by atoms with Crippen molar-refractivity contribution in [1.82, 2.24) is 9.29 Å². The number of amides is 2. The van der Waals surface area contributed by atoms with E-state index in [0.29, 0.717) is 29.5 Å². The topological polar surface area (TPSA) is 99.7 Å². The molecule has 4 rings (SSSR count). The van der Waals surface area contributed by atoms with Gasteiger partial charge < -0.3 is 10.2 Å². The number of sulfonamides is 1. The molecule has 166 valence electrons. The molecule has 0 radical (unpaired) electrons. The molecule has 0 unspecified atom stereocenters. The van der Waals surface area contributed by atoms with E-state index in [2.05, 4.69) is 10.3 Å². The van der Waals surface area contributed by atoms with E-state index in [9.17, 15) is 18.0 Å². The Morgan fingerprint density at radius 3 is 2.58 bits per heavy atom. The second kappa shape index (κ2) is 7.99. The molecule has 31 heavy (non-hydrogen) atoms. The highest BCUT2D eigenvalue weighted by atomic mass is 32.2. The van der Waals surface area contributed by atoms with Crippen molar-refractivity contribution >= 4 is 44.0 Å². The SMILES string of the molecule is Cc1csc(NC(=O)CN2C(=O)C(C)(C)c3cc(S(=O)(=O)N4CCCCC4)ccc32)n1. The molecule has 0 spiro atoms. The van der Waals surface area contributed by atoms with Gasteiger partial charge in [-0.15, -0.1) is 11.3 Å². The van der Waals surface area contributed by atoms with Gasteiger partial charge in [0.2, 0.25) is 21.8 Å². The quantitative estimate of drug-likeness (QED) is 0.737. The summed E-state index contributed by atoms with van der Waals surface area (Å²) in [4.78, 5) is 31.5. The Balaban J connectivity index is 1.61. The van der Waals surface area contributed by atoms with Crippen LogP contribution in [0.3, 0.4) is 0 Å². The molecule has 0 bridgehead atoms.